The minimum absolute atomic E-state index is 0.264. The van der Waals surface area contributed by atoms with Crippen LogP contribution in [0.1, 0.15) is 37.7 Å². The van der Waals surface area contributed by atoms with E-state index >= 15 is 0 Å². The van der Waals surface area contributed by atoms with Crippen LogP contribution in [0.25, 0.3) is 0 Å². The molecular formula is C14H20FNO3S. The maximum atomic E-state index is 13.8. The molecule has 6 heteroatoms. The zero-order valence-electron chi connectivity index (χ0n) is 11.5. The maximum absolute atomic E-state index is 13.8. The summed E-state index contributed by atoms with van der Waals surface area (Å²) < 4.78 is 41.0. The Labute approximate surface area is 119 Å². The number of benzene rings is 1. The van der Waals surface area contributed by atoms with Gasteiger partial charge in [-0.1, -0.05) is 25.3 Å². The summed E-state index contributed by atoms with van der Waals surface area (Å²) in [5.41, 5.74) is -0.179. The Hall–Kier alpha value is -0.980. The minimum atomic E-state index is -3.97. The van der Waals surface area contributed by atoms with Crippen LogP contribution in [-0.2, 0) is 10.0 Å². The van der Waals surface area contributed by atoms with Gasteiger partial charge < -0.3 is 5.11 Å². The molecule has 1 saturated carbocycles. The molecule has 112 valence electrons. The number of aliphatic hydroxyl groups excluding tert-OH is 1. The topological polar surface area (TPSA) is 66.4 Å². The monoisotopic (exact) mass is 301 g/mol. The highest BCUT2D eigenvalue weighted by molar-refractivity contribution is 7.89. The number of hydrogen-bond donors (Lipinski definition) is 2. The van der Waals surface area contributed by atoms with Gasteiger partial charge in [0.2, 0.25) is 10.0 Å². The first-order valence-corrected chi connectivity index (χ1v) is 8.28. The SMILES string of the molecule is Cc1ccc(F)c(S(=O)(=O)NC2(CO)CCCCC2)c1. The molecule has 1 aliphatic rings. The predicted molar refractivity (Wildman–Crippen MR) is 74.4 cm³/mol. The Bertz CT molecular complexity index is 580. The average molecular weight is 301 g/mol. The van der Waals surface area contributed by atoms with Crippen LogP contribution in [-0.4, -0.2) is 25.7 Å². The smallest absolute Gasteiger partial charge is 0.244 e. The summed E-state index contributed by atoms with van der Waals surface area (Å²) in [6, 6.07) is 3.98. The van der Waals surface area contributed by atoms with Gasteiger partial charge in [0, 0.05) is 0 Å². The summed E-state index contributed by atoms with van der Waals surface area (Å²) in [6.07, 6.45) is 3.91. The second-order valence-electron chi connectivity index (χ2n) is 5.54. The Morgan fingerprint density at radius 1 is 1.30 bits per heavy atom. The number of aryl methyl sites for hydroxylation is 1. The summed E-state index contributed by atoms with van der Waals surface area (Å²) in [5.74, 6) is -0.771. The molecule has 0 spiro atoms. The predicted octanol–water partition coefficient (Wildman–Crippen LogP) is 2.11. The van der Waals surface area contributed by atoms with Crippen molar-refractivity contribution in [2.75, 3.05) is 6.61 Å². The van der Waals surface area contributed by atoms with Crippen molar-refractivity contribution >= 4 is 10.0 Å². The van der Waals surface area contributed by atoms with E-state index in [0.29, 0.717) is 18.4 Å². The summed E-state index contributed by atoms with van der Waals surface area (Å²) in [7, 11) is -3.97. The lowest BCUT2D eigenvalue weighted by Gasteiger charge is -2.36. The van der Waals surface area contributed by atoms with Crippen LogP contribution >= 0.6 is 0 Å². The lowest BCUT2D eigenvalue weighted by molar-refractivity contribution is 0.142. The van der Waals surface area contributed by atoms with E-state index in [2.05, 4.69) is 4.72 Å². The fraction of sp³-hybridized carbons (Fsp3) is 0.571. The average Bonchev–Trinajstić information content (AvgIpc) is 2.42. The van der Waals surface area contributed by atoms with Gasteiger partial charge in [-0.2, -0.15) is 0 Å². The van der Waals surface area contributed by atoms with E-state index in [1.54, 1.807) is 6.92 Å². The van der Waals surface area contributed by atoms with E-state index in [1.165, 1.54) is 12.1 Å². The van der Waals surface area contributed by atoms with Crippen molar-refractivity contribution in [3.05, 3.63) is 29.6 Å². The molecule has 0 unspecified atom stereocenters. The van der Waals surface area contributed by atoms with Crippen LogP contribution in [0.5, 0.6) is 0 Å². The van der Waals surface area contributed by atoms with Crippen LogP contribution in [0.15, 0.2) is 23.1 Å². The van der Waals surface area contributed by atoms with Crippen LogP contribution in [0.3, 0.4) is 0 Å². The Balaban J connectivity index is 2.32. The molecule has 0 bridgehead atoms. The van der Waals surface area contributed by atoms with Gasteiger partial charge in [0.25, 0.3) is 0 Å². The molecule has 1 aromatic rings. The normalized spacial score (nSPS) is 18.9. The molecule has 2 rings (SSSR count). The van der Waals surface area contributed by atoms with Gasteiger partial charge in [0.05, 0.1) is 12.1 Å². The van der Waals surface area contributed by atoms with Crippen LogP contribution in [0.2, 0.25) is 0 Å². The van der Waals surface area contributed by atoms with Crippen molar-refractivity contribution in [2.45, 2.75) is 49.5 Å². The third-order valence-electron chi connectivity index (χ3n) is 3.84. The van der Waals surface area contributed by atoms with Crippen molar-refractivity contribution in [3.8, 4) is 0 Å². The van der Waals surface area contributed by atoms with E-state index in [4.69, 9.17) is 0 Å². The zero-order chi connectivity index (χ0) is 14.8. The highest BCUT2D eigenvalue weighted by Gasteiger charge is 2.36. The molecule has 1 aliphatic carbocycles. The standard InChI is InChI=1S/C14H20FNO3S/c1-11-5-6-12(15)13(9-11)20(18,19)16-14(10-17)7-3-2-4-8-14/h5-6,9,16-17H,2-4,7-8,10H2,1H3. The van der Waals surface area contributed by atoms with Gasteiger partial charge in [0.15, 0.2) is 0 Å². The lowest BCUT2D eigenvalue weighted by atomic mass is 9.83. The van der Waals surface area contributed by atoms with Gasteiger partial charge >= 0.3 is 0 Å². The Kier molecular flexibility index (Phi) is 4.46. The van der Waals surface area contributed by atoms with Gasteiger partial charge in [-0.15, -0.1) is 0 Å². The molecule has 4 nitrogen and oxygen atoms in total. The summed E-state index contributed by atoms with van der Waals surface area (Å²) in [5, 5.41) is 9.55. The molecule has 0 saturated heterocycles. The number of aliphatic hydroxyl groups is 1. The maximum Gasteiger partial charge on any atom is 0.244 e. The van der Waals surface area contributed by atoms with Crippen molar-refractivity contribution in [1.29, 1.82) is 0 Å². The van der Waals surface area contributed by atoms with Gasteiger partial charge in [-0.25, -0.2) is 17.5 Å². The molecule has 0 atom stereocenters. The summed E-state index contributed by atoms with van der Waals surface area (Å²) >= 11 is 0. The molecule has 0 heterocycles. The third-order valence-corrected chi connectivity index (χ3v) is 5.43. The number of halogens is 1. The molecular weight excluding hydrogens is 281 g/mol. The van der Waals surface area contributed by atoms with Gasteiger partial charge in [-0.3, -0.25) is 0 Å². The van der Waals surface area contributed by atoms with Gasteiger partial charge in [-0.05, 0) is 37.5 Å². The van der Waals surface area contributed by atoms with E-state index in [1.807, 2.05) is 0 Å². The second kappa shape index (κ2) is 5.79. The van der Waals surface area contributed by atoms with E-state index < -0.39 is 21.4 Å². The third kappa shape index (κ3) is 3.19. The van der Waals surface area contributed by atoms with E-state index in [-0.39, 0.29) is 11.5 Å². The van der Waals surface area contributed by atoms with E-state index in [0.717, 1.165) is 25.3 Å². The first kappa shape index (κ1) is 15.4. The first-order chi connectivity index (χ1) is 9.38. The summed E-state index contributed by atoms with van der Waals surface area (Å²) in [6.45, 7) is 1.44. The fourth-order valence-electron chi connectivity index (χ4n) is 2.68. The number of nitrogens with one attached hydrogen (secondary N) is 1. The minimum Gasteiger partial charge on any atom is -0.394 e. The number of sulfonamides is 1. The van der Waals surface area contributed by atoms with Crippen LogP contribution in [0.4, 0.5) is 4.39 Å². The fourth-order valence-corrected chi connectivity index (χ4v) is 4.29. The number of hydrogen-bond acceptors (Lipinski definition) is 3. The molecule has 2 N–H and O–H groups in total. The molecule has 0 amide bonds. The number of rotatable bonds is 4. The quantitative estimate of drug-likeness (QED) is 0.895. The van der Waals surface area contributed by atoms with Crippen molar-refractivity contribution < 1.29 is 17.9 Å². The first-order valence-electron chi connectivity index (χ1n) is 6.80. The van der Waals surface area contributed by atoms with Gasteiger partial charge in [0.1, 0.15) is 10.7 Å². The van der Waals surface area contributed by atoms with E-state index in [9.17, 15) is 17.9 Å². The van der Waals surface area contributed by atoms with Crippen molar-refractivity contribution in [2.24, 2.45) is 0 Å². The van der Waals surface area contributed by atoms with Crippen LogP contribution in [0, 0.1) is 12.7 Å². The van der Waals surface area contributed by atoms with Crippen molar-refractivity contribution in [1.82, 2.24) is 4.72 Å². The molecule has 0 aliphatic heterocycles. The molecule has 1 aromatic carbocycles. The zero-order valence-corrected chi connectivity index (χ0v) is 12.3. The highest BCUT2D eigenvalue weighted by Crippen LogP contribution is 2.30. The lowest BCUT2D eigenvalue weighted by Crippen LogP contribution is -2.52. The molecule has 20 heavy (non-hydrogen) atoms. The Morgan fingerprint density at radius 2 is 1.95 bits per heavy atom. The van der Waals surface area contributed by atoms with Crippen LogP contribution < -0.4 is 4.72 Å². The highest BCUT2D eigenvalue weighted by atomic mass is 32.2. The largest absolute Gasteiger partial charge is 0.394 e. The molecule has 1 fully saturated rings. The molecule has 0 aromatic heterocycles. The Morgan fingerprint density at radius 3 is 2.55 bits per heavy atom. The molecule has 0 radical (unpaired) electrons. The summed E-state index contributed by atoms with van der Waals surface area (Å²) in [4.78, 5) is -0.351. The second-order valence-corrected chi connectivity index (χ2v) is 7.19. The van der Waals surface area contributed by atoms with Crippen molar-refractivity contribution in [3.63, 3.8) is 0 Å².